The van der Waals surface area contributed by atoms with Gasteiger partial charge < -0.3 is 15.3 Å². The van der Waals surface area contributed by atoms with Crippen molar-refractivity contribution in [3.63, 3.8) is 0 Å². The van der Waals surface area contributed by atoms with Gasteiger partial charge in [-0.3, -0.25) is 0 Å². The molecule has 0 heterocycles. The fourth-order valence-corrected chi connectivity index (χ4v) is 1.72. The molecule has 3 N–H and O–H groups in total. The van der Waals surface area contributed by atoms with Crippen molar-refractivity contribution in [3.05, 3.63) is 71.8 Å². The van der Waals surface area contributed by atoms with Crippen LogP contribution in [0.2, 0.25) is 0 Å². The summed E-state index contributed by atoms with van der Waals surface area (Å²) in [6.45, 7) is -0.218. The first-order valence-electron chi connectivity index (χ1n) is 6.32. The average molecular weight is 295 g/mol. The highest BCUT2D eigenvalue weighted by Crippen LogP contribution is 2.12. The van der Waals surface area contributed by atoms with Crippen molar-refractivity contribution < 1.29 is 15.3 Å². The molecule has 0 spiro atoms. The van der Waals surface area contributed by atoms with E-state index in [0.717, 1.165) is 11.1 Å². The summed E-state index contributed by atoms with van der Waals surface area (Å²) in [4.78, 5) is 0. The highest BCUT2D eigenvalue weighted by Gasteiger charge is 2.02. The predicted octanol–water partition coefficient (Wildman–Crippen LogP) is 2.67. The van der Waals surface area contributed by atoms with Crippen LogP contribution in [0, 0.1) is 0 Å². The second-order valence-electron chi connectivity index (χ2n) is 4.19. The summed E-state index contributed by atoms with van der Waals surface area (Å²) in [5, 5.41) is 26.8. The summed E-state index contributed by atoms with van der Waals surface area (Å²) in [6.07, 6.45) is -1.26. The van der Waals surface area contributed by atoms with E-state index in [0.29, 0.717) is 0 Å². The Balaban J connectivity index is 0.000000200. The van der Waals surface area contributed by atoms with Crippen LogP contribution < -0.4 is 0 Å². The van der Waals surface area contributed by atoms with E-state index in [2.05, 4.69) is 0 Å². The van der Waals surface area contributed by atoms with Crippen molar-refractivity contribution in [2.45, 2.75) is 12.2 Å². The van der Waals surface area contributed by atoms with Gasteiger partial charge in [0.15, 0.2) is 0 Å². The third kappa shape index (κ3) is 5.72. The molecule has 2 rings (SSSR count). The molecule has 0 radical (unpaired) electrons. The van der Waals surface area contributed by atoms with Crippen LogP contribution in [-0.2, 0) is 0 Å². The van der Waals surface area contributed by atoms with Gasteiger partial charge in [-0.2, -0.15) is 0 Å². The molecule has 0 bridgehead atoms. The molecule has 0 aromatic heterocycles. The monoisotopic (exact) mass is 294 g/mol. The van der Waals surface area contributed by atoms with Gasteiger partial charge in [-0.25, -0.2) is 0 Å². The number of aliphatic hydroxyl groups is 3. The average Bonchev–Trinajstić information content (AvgIpc) is 2.55. The number of rotatable bonds is 4. The minimum absolute atomic E-state index is 0.218. The molecule has 0 amide bonds. The highest BCUT2D eigenvalue weighted by atomic mass is 35.5. The van der Waals surface area contributed by atoms with E-state index in [1.807, 2.05) is 48.5 Å². The van der Waals surface area contributed by atoms with E-state index in [4.69, 9.17) is 21.8 Å². The molecule has 0 aliphatic heterocycles. The smallest absolute Gasteiger partial charge is 0.102 e. The summed E-state index contributed by atoms with van der Waals surface area (Å²) in [6, 6.07) is 18.5. The van der Waals surface area contributed by atoms with Gasteiger partial charge in [-0.1, -0.05) is 60.7 Å². The first kappa shape index (κ1) is 16.7. The lowest BCUT2D eigenvalue weighted by Crippen LogP contribution is -2.01. The van der Waals surface area contributed by atoms with Crippen molar-refractivity contribution >= 4 is 11.6 Å². The fraction of sp³-hybridized carbons (Fsp3) is 0.250. The summed E-state index contributed by atoms with van der Waals surface area (Å²) < 4.78 is 0. The summed E-state index contributed by atoms with van der Waals surface area (Å²) in [7, 11) is 0. The molecule has 0 aliphatic carbocycles. The van der Waals surface area contributed by atoms with Gasteiger partial charge in [0.2, 0.25) is 0 Å². The molecule has 2 aromatic carbocycles. The maximum Gasteiger partial charge on any atom is 0.102 e. The Labute approximate surface area is 124 Å². The molecule has 2 aromatic rings. The SMILES string of the molecule is OC(CCl)c1ccccc1.OCC(O)c1ccccc1. The van der Waals surface area contributed by atoms with Crippen LogP contribution in [0.4, 0.5) is 0 Å². The third-order valence-corrected chi connectivity index (χ3v) is 2.98. The fourth-order valence-electron chi connectivity index (χ4n) is 1.54. The summed E-state index contributed by atoms with van der Waals surface area (Å²) >= 11 is 5.44. The van der Waals surface area contributed by atoms with Gasteiger partial charge in [0.1, 0.15) is 6.10 Å². The molecule has 20 heavy (non-hydrogen) atoms. The van der Waals surface area contributed by atoms with Crippen molar-refractivity contribution in [1.29, 1.82) is 0 Å². The van der Waals surface area contributed by atoms with Crippen molar-refractivity contribution in [3.8, 4) is 0 Å². The Bertz CT molecular complexity index is 416. The Kier molecular flexibility index (Phi) is 7.92. The van der Waals surface area contributed by atoms with E-state index >= 15 is 0 Å². The zero-order valence-electron chi connectivity index (χ0n) is 11.1. The molecule has 0 fully saturated rings. The normalized spacial score (nSPS) is 13.0. The molecule has 4 heteroatoms. The van der Waals surface area contributed by atoms with Crippen molar-refractivity contribution in [2.75, 3.05) is 12.5 Å². The maximum absolute atomic E-state index is 9.20. The van der Waals surface area contributed by atoms with Gasteiger partial charge >= 0.3 is 0 Å². The van der Waals surface area contributed by atoms with Crippen LogP contribution in [0.5, 0.6) is 0 Å². The van der Waals surface area contributed by atoms with Gasteiger partial charge in [0.25, 0.3) is 0 Å². The van der Waals surface area contributed by atoms with Crippen LogP contribution in [0.15, 0.2) is 60.7 Å². The highest BCUT2D eigenvalue weighted by molar-refractivity contribution is 6.18. The van der Waals surface area contributed by atoms with E-state index < -0.39 is 12.2 Å². The number of aliphatic hydroxyl groups excluding tert-OH is 3. The second-order valence-corrected chi connectivity index (χ2v) is 4.50. The minimum Gasteiger partial charge on any atom is -0.393 e. The number of benzene rings is 2. The van der Waals surface area contributed by atoms with E-state index in [1.54, 1.807) is 12.1 Å². The van der Waals surface area contributed by atoms with Gasteiger partial charge in [0, 0.05) is 0 Å². The molecule has 2 unspecified atom stereocenters. The molecular formula is C16H19ClO3. The molecule has 3 nitrogen and oxygen atoms in total. The molecule has 0 saturated heterocycles. The van der Waals surface area contributed by atoms with Crippen LogP contribution in [0.25, 0.3) is 0 Å². The maximum atomic E-state index is 9.20. The Morgan fingerprint density at radius 1 is 0.750 bits per heavy atom. The van der Waals surface area contributed by atoms with Gasteiger partial charge in [0.05, 0.1) is 18.6 Å². The number of hydrogen-bond donors (Lipinski definition) is 3. The Morgan fingerprint density at radius 3 is 1.50 bits per heavy atom. The molecule has 2 atom stereocenters. The van der Waals surface area contributed by atoms with E-state index in [-0.39, 0.29) is 12.5 Å². The van der Waals surface area contributed by atoms with Crippen molar-refractivity contribution in [1.82, 2.24) is 0 Å². The molecule has 0 saturated carbocycles. The third-order valence-electron chi connectivity index (χ3n) is 2.69. The second kappa shape index (κ2) is 9.50. The number of alkyl halides is 1. The quantitative estimate of drug-likeness (QED) is 0.760. The lowest BCUT2D eigenvalue weighted by atomic mass is 10.1. The van der Waals surface area contributed by atoms with Gasteiger partial charge in [-0.15, -0.1) is 11.6 Å². The van der Waals surface area contributed by atoms with Crippen LogP contribution in [0.1, 0.15) is 23.3 Å². The minimum atomic E-state index is -0.735. The first-order chi connectivity index (χ1) is 9.69. The topological polar surface area (TPSA) is 60.7 Å². The van der Waals surface area contributed by atoms with Crippen LogP contribution in [-0.4, -0.2) is 27.8 Å². The lowest BCUT2D eigenvalue weighted by Gasteiger charge is -2.05. The number of halogens is 1. The standard InChI is InChI=1S/C8H9ClO.C8H10O2/c2*9-6-8(10)7-4-2-1-3-5-7/h1-5,8,10H,6H2;1-5,8-10H,6H2. The zero-order valence-corrected chi connectivity index (χ0v) is 11.8. The van der Waals surface area contributed by atoms with Crippen LogP contribution >= 0.6 is 11.6 Å². The van der Waals surface area contributed by atoms with Crippen LogP contribution in [0.3, 0.4) is 0 Å². The largest absolute Gasteiger partial charge is 0.393 e. The van der Waals surface area contributed by atoms with E-state index in [1.165, 1.54) is 0 Å². The Morgan fingerprint density at radius 2 is 1.15 bits per heavy atom. The lowest BCUT2D eigenvalue weighted by molar-refractivity contribution is 0.0956. The molecule has 108 valence electrons. The molecule has 0 aliphatic rings. The zero-order chi connectivity index (χ0) is 14.8. The molecular weight excluding hydrogens is 276 g/mol. The van der Waals surface area contributed by atoms with Crippen molar-refractivity contribution in [2.24, 2.45) is 0 Å². The summed E-state index contributed by atoms with van der Waals surface area (Å²) in [5.74, 6) is 0.254. The van der Waals surface area contributed by atoms with E-state index in [9.17, 15) is 5.11 Å². The summed E-state index contributed by atoms with van der Waals surface area (Å²) in [5.41, 5.74) is 1.63. The van der Waals surface area contributed by atoms with Gasteiger partial charge in [-0.05, 0) is 11.1 Å². The number of hydrogen-bond acceptors (Lipinski definition) is 3. The Hall–Kier alpha value is -1.39. The first-order valence-corrected chi connectivity index (χ1v) is 6.85. The predicted molar refractivity (Wildman–Crippen MR) is 80.6 cm³/mol.